The Bertz CT molecular complexity index is 1230. The van der Waals surface area contributed by atoms with Crippen LogP contribution in [0.3, 0.4) is 0 Å². The molecule has 0 atom stereocenters. The van der Waals surface area contributed by atoms with Gasteiger partial charge in [0.2, 0.25) is 5.88 Å². The summed E-state index contributed by atoms with van der Waals surface area (Å²) in [6.07, 6.45) is 1.28. The first kappa shape index (κ1) is 29.7. The lowest BCUT2D eigenvalue weighted by molar-refractivity contribution is -0.870. The highest BCUT2D eigenvalue weighted by Crippen LogP contribution is 2.27. The van der Waals surface area contributed by atoms with Gasteiger partial charge in [0.1, 0.15) is 23.1 Å². The highest BCUT2D eigenvalue weighted by molar-refractivity contribution is 6.30. The lowest BCUT2D eigenvalue weighted by atomic mass is 10.1. The van der Waals surface area contributed by atoms with Crippen molar-refractivity contribution in [2.75, 3.05) is 27.7 Å². The summed E-state index contributed by atoms with van der Waals surface area (Å²) < 4.78 is 6.78. The molecule has 0 fully saturated rings. The molecule has 0 bridgehead atoms. The number of ether oxygens (including phenoxy) is 1. The predicted octanol–water partition coefficient (Wildman–Crippen LogP) is 3.23. The largest absolute Gasteiger partial charge is 1.00 e. The van der Waals surface area contributed by atoms with Crippen molar-refractivity contribution in [1.29, 1.82) is 5.26 Å². The van der Waals surface area contributed by atoms with E-state index in [0.717, 1.165) is 4.48 Å². The fraction of sp³-hybridized carbons (Fsp3) is 0.280. The van der Waals surface area contributed by atoms with Gasteiger partial charge in [-0.2, -0.15) is 10.4 Å². The maximum absolute atomic E-state index is 11.9. The summed E-state index contributed by atoms with van der Waals surface area (Å²) in [6, 6.07) is 15.5. The van der Waals surface area contributed by atoms with Crippen molar-refractivity contribution in [2.45, 2.75) is 20.3 Å². The Hall–Kier alpha value is -3.38. The maximum Gasteiger partial charge on any atom is 0.278 e. The number of azo groups is 1. The zero-order valence-electron chi connectivity index (χ0n) is 20.3. The van der Waals surface area contributed by atoms with Crippen LogP contribution in [0, 0.1) is 18.3 Å². The fourth-order valence-electron chi connectivity index (χ4n) is 2.95. The molecule has 1 aromatic heterocycles. The summed E-state index contributed by atoms with van der Waals surface area (Å²) in [5.41, 5.74) is 0.0329. The summed E-state index contributed by atoms with van der Waals surface area (Å²) in [6.45, 7) is 5.01. The van der Waals surface area contributed by atoms with E-state index in [9.17, 15) is 9.90 Å². The first-order valence-corrected chi connectivity index (χ1v) is 11.0. The topological polar surface area (TPSA) is 111 Å². The van der Waals surface area contributed by atoms with Crippen molar-refractivity contribution >= 4 is 23.0 Å². The van der Waals surface area contributed by atoms with Crippen molar-refractivity contribution in [2.24, 2.45) is 10.2 Å². The van der Waals surface area contributed by atoms with E-state index in [1.54, 1.807) is 48.5 Å². The van der Waals surface area contributed by atoms with Crippen molar-refractivity contribution < 1.29 is 26.7 Å². The van der Waals surface area contributed by atoms with E-state index in [1.165, 1.54) is 19.9 Å². The normalized spacial score (nSPS) is 10.7. The van der Waals surface area contributed by atoms with Gasteiger partial charge in [0.15, 0.2) is 5.69 Å². The Morgan fingerprint density at radius 1 is 1.06 bits per heavy atom. The number of hydrogen-bond acceptors (Lipinski definition) is 6. The van der Waals surface area contributed by atoms with E-state index >= 15 is 0 Å². The van der Waals surface area contributed by atoms with Crippen molar-refractivity contribution in [3.8, 4) is 23.4 Å². The number of nitriles is 1. The van der Waals surface area contributed by atoms with E-state index in [-0.39, 0.29) is 29.2 Å². The van der Waals surface area contributed by atoms with Gasteiger partial charge in [-0.1, -0.05) is 18.5 Å². The molecule has 0 unspecified atom stereocenters. The number of nitrogens with zero attached hydrogens (tertiary/aromatic N) is 4. The van der Waals surface area contributed by atoms with E-state index < -0.39 is 11.4 Å². The zero-order valence-corrected chi connectivity index (χ0v) is 21.9. The monoisotopic (exact) mass is 517 g/mol. The molecule has 2 aromatic carbocycles. The Balaban J connectivity index is 0.000000672. The van der Waals surface area contributed by atoms with Crippen molar-refractivity contribution in [3.63, 3.8) is 0 Å². The third kappa shape index (κ3) is 9.41. The van der Waals surface area contributed by atoms with Gasteiger partial charge in [-0.3, -0.25) is 9.78 Å². The molecule has 3 aromatic rings. The third-order valence-electron chi connectivity index (χ3n) is 4.57. The Kier molecular flexibility index (Phi) is 11.4. The Morgan fingerprint density at radius 2 is 1.60 bits per heavy atom. The smallest absolute Gasteiger partial charge is 0.278 e. The SMILES string of the molecule is CCC[N+](C)(C)C.Cc1c(C#N)c(O)[nH]c(=O)c1N=Nc1ccc(Oc2ccc(Cl)cc2)cc1.[Cl-]. The summed E-state index contributed by atoms with van der Waals surface area (Å²) in [5.74, 6) is 0.758. The second kappa shape index (κ2) is 13.5. The second-order valence-corrected chi connectivity index (χ2v) is 8.96. The zero-order chi connectivity index (χ0) is 25.3. The molecular weight excluding hydrogens is 489 g/mol. The minimum atomic E-state index is -0.629. The standard InChI is InChI=1S/C19H13ClN4O3.C6H16N.ClH/c1-11-16(10-21)18(25)22-19(26)17(11)24-23-13-4-8-15(9-5-13)27-14-6-2-12(20)3-7-14;1-5-6-7(2,3)4;/h2-9H,1H3,(H2,22,25,26);5-6H2,1-4H3;1H/q;+1;/p-1. The van der Waals surface area contributed by atoms with Crippen LogP contribution in [-0.4, -0.2) is 42.3 Å². The summed E-state index contributed by atoms with van der Waals surface area (Å²) in [7, 11) is 6.64. The highest BCUT2D eigenvalue weighted by Gasteiger charge is 2.13. The number of halogens is 2. The van der Waals surface area contributed by atoms with Crippen LogP contribution < -0.4 is 22.7 Å². The van der Waals surface area contributed by atoms with Gasteiger partial charge in [0.25, 0.3) is 5.56 Å². The predicted molar refractivity (Wildman–Crippen MR) is 134 cm³/mol. The first-order valence-electron chi connectivity index (χ1n) is 10.7. The number of rotatable bonds is 6. The summed E-state index contributed by atoms with van der Waals surface area (Å²) >= 11 is 5.84. The van der Waals surface area contributed by atoms with Crippen LogP contribution in [0.25, 0.3) is 0 Å². The lowest BCUT2D eigenvalue weighted by Gasteiger charge is -2.22. The van der Waals surface area contributed by atoms with E-state index in [2.05, 4.69) is 43.3 Å². The molecule has 0 saturated heterocycles. The number of hydrogen-bond donors (Lipinski definition) is 2. The van der Waals surface area contributed by atoms with Crippen LogP contribution in [-0.2, 0) is 0 Å². The van der Waals surface area contributed by atoms with E-state index in [4.69, 9.17) is 21.6 Å². The molecule has 10 heteroatoms. The number of aromatic hydroxyl groups is 1. The lowest BCUT2D eigenvalue weighted by Crippen LogP contribution is -3.00. The molecule has 8 nitrogen and oxygen atoms in total. The molecular formula is C25H29Cl2N5O3. The van der Waals surface area contributed by atoms with Gasteiger partial charge in [-0.25, -0.2) is 0 Å². The first-order chi connectivity index (χ1) is 16.0. The van der Waals surface area contributed by atoms with Crippen LogP contribution in [0.4, 0.5) is 11.4 Å². The van der Waals surface area contributed by atoms with Gasteiger partial charge < -0.3 is 26.7 Å². The van der Waals surface area contributed by atoms with Gasteiger partial charge in [0.05, 0.1) is 33.4 Å². The average molecular weight is 518 g/mol. The molecule has 186 valence electrons. The van der Waals surface area contributed by atoms with Gasteiger partial charge in [-0.15, -0.1) is 5.11 Å². The number of aromatic nitrogens is 1. The van der Waals surface area contributed by atoms with Crippen molar-refractivity contribution in [3.05, 3.63) is 75.0 Å². The minimum Gasteiger partial charge on any atom is -1.00 e. The van der Waals surface area contributed by atoms with Gasteiger partial charge in [0, 0.05) is 10.6 Å². The average Bonchev–Trinajstić information content (AvgIpc) is 2.76. The molecule has 0 aliphatic heterocycles. The number of pyridine rings is 1. The maximum atomic E-state index is 11.9. The van der Waals surface area contributed by atoms with Gasteiger partial charge >= 0.3 is 0 Å². The number of benzene rings is 2. The van der Waals surface area contributed by atoms with Crippen LogP contribution in [0.15, 0.2) is 63.6 Å². The Morgan fingerprint density at radius 3 is 2.06 bits per heavy atom. The highest BCUT2D eigenvalue weighted by atomic mass is 35.5. The van der Waals surface area contributed by atoms with E-state index in [0.29, 0.717) is 22.2 Å². The number of H-pyrrole nitrogens is 1. The molecule has 35 heavy (non-hydrogen) atoms. The van der Waals surface area contributed by atoms with Crippen molar-refractivity contribution in [1.82, 2.24) is 4.98 Å². The molecule has 3 rings (SSSR count). The fourth-order valence-corrected chi connectivity index (χ4v) is 3.08. The number of nitrogens with one attached hydrogen (secondary N) is 1. The van der Waals surface area contributed by atoms with E-state index in [1.807, 2.05) is 6.07 Å². The minimum absolute atomic E-state index is 0. The molecule has 0 radical (unpaired) electrons. The molecule has 1 heterocycles. The molecule has 0 amide bonds. The quantitative estimate of drug-likeness (QED) is 0.386. The van der Waals surface area contributed by atoms with Gasteiger partial charge in [-0.05, 0) is 61.9 Å². The number of quaternary nitrogens is 1. The molecule has 0 aliphatic carbocycles. The summed E-state index contributed by atoms with van der Waals surface area (Å²) in [4.78, 5) is 14.1. The Labute approximate surface area is 216 Å². The number of aromatic amines is 1. The molecule has 0 spiro atoms. The molecule has 0 saturated carbocycles. The van der Waals surface area contributed by atoms with Crippen LogP contribution in [0.5, 0.6) is 17.4 Å². The van der Waals surface area contributed by atoms with Crippen LogP contribution in [0.1, 0.15) is 24.5 Å². The van der Waals surface area contributed by atoms with Crippen LogP contribution in [0.2, 0.25) is 5.02 Å². The summed E-state index contributed by atoms with van der Waals surface area (Å²) in [5, 5.41) is 27.2. The third-order valence-corrected chi connectivity index (χ3v) is 4.82. The molecule has 2 N–H and O–H groups in total. The molecule has 0 aliphatic rings. The van der Waals surface area contributed by atoms with Crippen LogP contribution >= 0.6 is 11.6 Å². The second-order valence-electron chi connectivity index (χ2n) is 8.53.